The Balaban J connectivity index is 4.35. The van der Waals surface area contributed by atoms with Crippen LogP contribution in [0.3, 0.4) is 0 Å². The summed E-state index contributed by atoms with van der Waals surface area (Å²) in [6, 6.07) is 0. The molecule has 53 heavy (non-hydrogen) atoms. The Labute approximate surface area is 325 Å². The zero-order chi connectivity index (χ0) is 39.3. The van der Waals surface area contributed by atoms with Crippen LogP contribution in [0.5, 0.6) is 0 Å². The number of hydrogen-bond acceptors (Lipinski definition) is 9. The molecule has 0 saturated heterocycles. The smallest absolute Gasteiger partial charge is 0.306 e. The molecule has 0 saturated carbocycles. The zero-order valence-electron chi connectivity index (χ0n) is 34.8. The maximum atomic E-state index is 12.7. The molecule has 314 valence electrons. The number of hydrogen-bond donors (Lipinski definition) is 1. The van der Waals surface area contributed by atoms with E-state index in [1.54, 1.807) is 0 Å². The van der Waals surface area contributed by atoms with Gasteiger partial charge >= 0.3 is 5.97 Å². The molecule has 0 rings (SSSR count). The van der Waals surface area contributed by atoms with Gasteiger partial charge in [0.25, 0.3) is 7.82 Å². The number of likely N-dealkylation sites (N-methyl/N-ethyl adjacent to an activating group) is 1. The van der Waals surface area contributed by atoms with Crippen LogP contribution in [0, 0.1) is 0 Å². The average Bonchev–Trinajstić information content (AvgIpc) is 3.11. The Morgan fingerprint density at radius 1 is 0.698 bits per heavy atom. The lowest BCUT2D eigenvalue weighted by atomic mass is 10.0. The summed E-state index contributed by atoms with van der Waals surface area (Å²) in [4.78, 5) is 29.5. The first-order chi connectivity index (χ1) is 25.5. The predicted octanol–water partition coefficient (Wildman–Crippen LogP) is 10.9. The second-order valence-electron chi connectivity index (χ2n) is 15.6. The molecule has 0 aromatic carbocycles. The van der Waals surface area contributed by atoms with Crippen molar-refractivity contribution in [2.24, 2.45) is 0 Å². The van der Waals surface area contributed by atoms with E-state index in [2.05, 4.69) is 24.8 Å². The summed E-state index contributed by atoms with van der Waals surface area (Å²) in [5, 5.41) is 9.02. The Hall–Kier alpha value is -1.10. The van der Waals surface area contributed by atoms with E-state index < -0.39 is 13.9 Å². The van der Waals surface area contributed by atoms with Crippen LogP contribution < -0.4 is 4.89 Å². The van der Waals surface area contributed by atoms with Crippen molar-refractivity contribution in [3.63, 3.8) is 0 Å². The summed E-state index contributed by atoms with van der Waals surface area (Å²) >= 11 is 0. The van der Waals surface area contributed by atoms with Crippen LogP contribution in [0.4, 0.5) is 0 Å². The molecule has 0 aliphatic rings. The summed E-state index contributed by atoms with van der Waals surface area (Å²) in [5.41, 5.74) is 0. The summed E-state index contributed by atoms with van der Waals surface area (Å²) in [7, 11) is 1.30. The van der Waals surface area contributed by atoms with Crippen molar-refractivity contribution in [2.75, 3.05) is 54.1 Å². The minimum absolute atomic E-state index is 0.0113. The second kappa shape index (κ2) is 36.5. The minimum Gasteiger partial charge on any atom is -0.756 e. The number of esters is 1. The Morgan fingerprint density at radius 2 is 1.25 bits per heavy atom. The Kier molecular flexibility index (Phi) is 35.8. The number of phosphoric ester groups is 1. The maximum absolute atomic E-state index is 12.7. The lowest BCUT2D eigenvalue weighted by Crippen LogP contribution is -2.37. The molecule has 0 heterocycles. The number of quaternary nitrogens is 1. The summed E-state index contributed by atoms with van der Waals surface area (Å²) < 4.78 is 34.5. The van der Waals surface area contributed by atoms with E-state index in [1.807, 2.05) is 39.4 Å². The van der Waals surface area contributed by atoms with Crippen LogP contribution in [-0.2, 0) is 32.8 Å². The quantitative estimate of drug-likeness (QED) is 0.0123. The monoisotopic (exact) mass is 776 g/mol. The molecule has 0 aromatic heterocycles. The van der Waals surface area contributed by atoms with E-state index in [4.69, 9.17) is 23.8 Å². The molecular formula is C42H82NO9P. The highest BCUT2D eigenvalue weighted by atomic mass is 31.2. The molecule has 0 fully saturated rings. The highest BCUT2D eigenvalue weighted by molar-refractivity contribution is 7.45. The molecule has 1 N–H and O–H groups in total. The van der Waals surface area contributed by atoms with Crippen LogP contribution in [-0.4, -0.2) is 82.0 Å². The number of carbonyl (C=O) groups is 1. The second-order valence-corrected chi connectivity index (χ2v) is 17.0. The Bertz CT molecular complexity index is 925. The van der Waals surface area contributed by atoms with Crippen molar-refractivity contribution in [3.8, 4) is 0 Å². The number of phosphoric acid groups is 1. The minimum atomic E-state index is -4.54. The highest BCUT2D eigenvalue weighted by Crippen LogP contribution is 2.38. The van der Waals surface area contributed by atoms with E-state index in [0.29, 0.717) is 24.1 Å². The SMILES string of the molecule is CCCCCCCCCCCCCCCCOCC(COP(=O)([O-])OCC[N+](C)(C)C)OC(=O)CCCCCCC/C=C\C=C\C(CCCCC)OO. The number of rotatable bonds is 40. The number of unbranched alkanes of at least 4 members (excludes halogenated alkanes) is 20. The molecule has 0 aromatic rings. The van der Waals surface area contributed by atoms with Crippen LogP contribution in [0.2, 0.25) is 0 Å². The molecule has 0 bridgehead atoms. The zero-order valence-corrected chi connectivity index (χ0v) is 35.7. The van der Waals surface area contributed by atoms with Crippen molar-refractivity contribution in [2.45, 2.75) is 187 Å². The third-order valence-corrected chi connectivity index (χ3v) is 10.2. The van der Waals surface area contributed by atoms with Gasteiger partial charge in [-0.3, -0.25) is 14.6 Å². The predicted molar refractivity (Wildman–Crippen MR) is 216 cm³/mol. The van der Waals surface area contributed by atoms with Crippen molar-refractivity contribution in [1.29, 1.82) is 0 Å². The van der Waals surface area contributed by atoms with Crippen molar-refractivity contribution in [1.82, 2.24) is 0 Å². The summed E-state index contributed by atoms with van der Waals surface area (Å²) in [6.45, 7) is 5.21. The molecule has 0 aliphatic heterocycles. The van der Waals surface area contributed by atoms with Gasteiger partial charge in [-0.1, -0.05) is 160 Å². The largest absolute Gasteiger partial charge is 0.756 e. The van der Waals surface area contributed by atoms with Gasteiger partial charge in [-0.15, -0.1) is 0 Å². The van der Waals surface area contributed by atoms with Gasteiger partial charge in [0.15, 0.2) is 0 Å². The van der Waals surface area contributed by atoms with E-state index in [1.165, 1.54) is 77.0 Å². The van der Waals surface area contributed by atoms with Crippen molar-refractivity contribution in [3.05, 3.63) is 24.3 Å². The lowest BCUT2D eigenvalue weighted by molar-refractivity contribution is -0.870. The van der Waals surface area contributed by atoms with Gasteiger partial charge < -0.3 is 27.9 Å². The molecule has 0 amide bonds. The molecular weight excluding hydrogens is 693 g/mol. The van der Waals surface area contributed by atoms with Gasteiger partial charge in [0.2, 0.25) is 0 Å². The molecule has 11 heteroatoms. The van der Waals surface area contributed by atoms with Crippen LogP contribution in [0.15, 0.2) is 24.3 Å². The fourth-order valence-electron chi connectivity index (χ4n) is 5.82. The van der Waals surface area contributed by atoms with Gasteiger partial charge in [0, 0.05) is 13.0 Å². The van der Waals surface area contributed by atoms with E-state index >= 15 is 0 Å². The van der Waals surface area contributed by atoms with E-state index in [9.17, 15) is 14.3 Å². The summed E-state index contributed by atoms with van der Waals surface area (Å²) in [5.74, 6) is -0.375. The Morgan fingerprint density at radius 3 is 1.83 bits per heavy atom. The fraction of sp³-hybridized carbons (Fsp3) is 0.881. The third kappa shape index (κ3) is 39.0. The van der Waals surface area contributed by atoms with Gasteiger partial charge in [0.1, 0.15) is 25.4 Å². The van der Waals surface area contributed by atoms with E-state index in [-0.39, 0.29) is 38.3 Å². The molecule has 10 nitrogen and oxygen atoms in total. The van der Waals surface area contributed by atoms with Gasteiger partial charge in [-0.25, -0.2) is 4.89 Å². The first kappa shape index (κ1) is 51.9. The van der Waals surface area contributed by atoms with E-state index in [0.717, 1.165) is 70.6 Å². The number of carbonyl (C=O) groups excluding carboxylic acids is 1. The van der Waals surface area contributed by atoms with Gasteiger partial charge in [-0.05, 0) is 32.1 Å². The van der Waals surface area contributed by atoms with Crippen molar-refractivity contribution < 1.29 is 47.4 Å². The first-order valence-electron chi connectivity index (χ1n) is 21.3. The molecule has 0 aliphatic carbocycles. The normalized spacial score (nSPS) is 14.6. The molecule has 0 radical (unpaired) electrons. The number of allylic oxidation sites excluding steroid dienone is 3. The van der Waals surface area contributed by atoms with Gasteiger partial charge in [-0.2, -0.15) is 0 Å². The number of nitrogens with zero attached hydrogens (tertiary/aromatic N) is 1. The van der Waals surface area contributed by atoms with Gasteiger partial charge in [0.05, 0.1) is 34.4 Å². The molecule has 0 spiro atoms. The van der Waals surface area contributed by atoms with Crippen LogP contribution in [0.1, 0.15) is 174 Å². The maximum Gasteiger partial charge on any atom is 0.306 e. The molecule has 3 unspecified atom stereocenters. The third-order valence-electron chi connectivity index (χ3n) is 9.23. The fourth-order valence-corrected chi connectivity index (χ4v) is 6.55. The number of ether oxygens (including phenoxy) is 2. The average molecular weight is 776 g/mol. The van der Waals surface area contributed by atoms with Crippen LogP contribution in [0.25, 0.3) is 0 Å². The summed E-state index contributed by atoms with van der Waals surface area (Å²) in [6.07, 6.45) is 34.9. The molecule has 3 atom stereocenters. The van der Waals surface area contributed by atoms with Crippen LogP contribution >= 0.6 is 7.82 Å². The standard InChI is InChI=1S/C42H82NO9P/c1-6-8-10-11-12-13-14-15-16-17-21-24-27-31-36-48-38-41(39-50-53(46,47)49-37-35-43(3,4)5)51-42(44)34-30-26-23-20-18-19-22-25-29-33-40(52-45)32-28-9-7-2/h22,25,29,33,40-41H,6-21,23-24,26-28,30-32,34-39H2,1-5H3,(H-,45,46,47)/b25-22-,33-29+. The topological polar surface area (TPSA) is 124 Å². The first-order valence-corrected chi connectivity index (χ1v) is 22.8. The highest BCUT2D eigenvalue weighted by Gasteiger charge is 2.20. The lowest BCUT2D eigenvalue weighted by Gasteiger charge is -2.28. The van der Waals surface area contributed by atoms with Crippen molar-refractivity contribution >= 4 is 13.8 Å².